The summed E-state index contributed by atoms with van der Waals surface area (Å²) in [7, 11) is 0. The number of aliphatic hydroxyl groups excluding tert-OH is 9. The fourth-order valence-corrected chi connectivity index (χ4v) is 8.11. The van der Waals surface area contributed by atoms with Crippen molar-refractivity contribution in [3.05, 3.63) is 72.9 Å². The predicted octanol–water partition coefficient (Wildman–Crippen LogP) is 0.936. The maximum atomic E-state index is 12.6. The highest BCUT2D eigenvalue weighted by Crippen LogP contribution is 2.39. The van der Waals surface area contributed by atoms with E-state index in [1.807, 2.05) is 49.5 Å². The number of carboxylic acid groups (broad SMARTS) is 1. The van der Waals surface area contributed by atoms with Gasteiger partial charge in [0.05, 0.1) is 73.5 Å². The van der Waals surface area contributed by atoms with Crippen LogP contribution in [0.1, 0.15) is 91.9 Å². The molecule has 13 N–H and O–H groups in total. The number of nitrogens with two attached hydrogens (primary N) is 1. The maximum absolute atomic E-state index is 12.6. The number of carbonyl (C=O) groups is 2. The predicted molar refractivity (Wildman–Crippen MR) is 237 cm³/mol. The quantitative estimate of drug-likeness (QED) is 0.175. The summed E-state index contributed by atoms with van der Waals surface area (Å²) in [5.74, 6) is -7.03. The highest BCUT2D eigenvalue weighted by atomic mass is 16.7. The van der Waals surface area contributed by atoms with Crippen LogP contribution in [0.4, 0.5) is 0 Å². The lowest BCUT2D eigenvalue weighted by molar-refractivity contribution is -0.339. The first-order chi connectivity index (χ1) is 30.6. The van der Waals surface area contributed by atoms with Gasteiger partial charge in [0.25, 0.3) is 0 Å². The van der Waals surface area contributed by atoms with Crippen LogP contribution in [0.5, 0.6) is 0 Å². The lowest BCUT2D eigenvalue weighted by atomic mass is 9.82. The van der Waals surface area contributed by atoms with E-state index >= 15 is 0 Å². The van der Waals surface area contributed by atoms with Crippen molar-refractivity contribution in [3.63, 3.8) is 0 Å². The van der Waals surface area contributed by atoms with Gasteiger partial charge in [-0.05, 0) is 58.8 Å². The van der Waals surface area contributed by atoms with Crippen LogP contribution in [0, 0.1) is 17.8 Å². The summed E-state index contributed by atoms with van der Waals surface area (Å²) in [4.78, 5) is 25.2. The third-order valence-corrected chi connectivity index (χ3v) is 12.3. The lowest BCUT2D eigenvalue weighted by Gasteiger charge is -2.47. The van der Waals surface area contributed by atoms with Crippen LogP contribution in [-0.4, -0.2) is 166 Å². The van der Waals surface area contributed by atoms with Crippen LogP contribution in [0.25, 0.3) is 0 Å². The van der Waals surface area contributed by atoms with Crippen LogP contribution in [0.3, 0.4) is 0 Å². The number of carbonyl (C=O) groups excluding carboxylic acids is 1. The van der Waals surface area contributed by atoms with E-state index in [-0.39, 0.29) is 38.0 Å². The fraction of sp³-hybridized carbons (Fsp3) is 0.702. The first-order valence-corrected chi connectivity index (χ1v) is 22.6. The van der Waals surface area contributed by atoms with Gasteiger partial charge in [-0.2, -0.15) is 0 Å². The van der Waals surface area contributed by atoms with E-state index in [0.717, 1.165) is 12.8 Å². The molecule has 0 aromatic carbocycles. The minimum absolute atomic E-state index is 0.111. The molecule has 0 spiro atoms. The van der Waals surface area contributed by atoms with Crippen molar-refractivity contribution in [1.29, 1.82) is 0 Å². The average Bonchev–Trinajstić information content (AvgIpc) is 3.22. The largest absolute Gasteiger partial charge is 0.481 e. The van der Waals surface area contributed by atoms with Crippen LogP contribution in [-0.2, 0) is 28.5 Å². The Hall–Kier alpha value is -3.18. The monoisotopic (exact) mass is 926 g/mol. The van der Waals surface area contributed by atoms with Gasteiger partial charge in [-0.3, -0.25) is 9.59 Å². The molecule has 3 rings (SSSR count). The zero-order valence-electron chi connectivity index (χ0n) is 37.8. The van der Waals surface area contributed by atoms with Gasteiger partial charge in [0.1, 0.15) is 24.2 Å². The van der Waals surface area contributed by atoms with E-state index in [4.69, 9.17) is 24.7 Å². The molecular weight excluding hydrogens is 851 g/mol. The van der Waals surface area contributed by atoms with Crippen molar-refractivity contribution in [2.45, 2.75) is 189 Å². The number of hydrogen-bond acceptors (Lipinski definition) is 17. The van der Waals surface area contributed by atoms with E-state index in [2.05, 4.69) is 0 Å². The number of hydrogen-bond donors (Lipinski definition) is 12. The molecule has 0 aromatic rings. The van der Waals surface area contributed by atoms with E-state index < -0.39 is 141 Å². The van der Waals surface area contributed by atoms with Gasteiger partial charge in [0.2, 0.25) is 0 Å². The van der Waals surface area contributed by atoms with Gasteiger partial charge < -0.3 is 80.9 Å². The Labute approximate surface area is 381 Å². The summed E-state index contributed by atoms with van der Waals surface area (Å²) >= 11 is 0. The minimum Gasteiger partial charge on any atom is -0.481 e. The zero-order chi connectivity index (χ0) is 48.4. The van der Waals surface area contributed by atoms with E-state index in [9.17, 15) is 65.8 Å². The third-order valence-electron chi connectivity index (χ3n) is 12.3. The molecule has 0 aliphatic carbocycles. The molecular formula is C47H75NO17. The summed E-state index contributed by atoms with van der Waals surface area (Å²) in [6.07, 6.45) is 1.78. The van der Waals surface area contributed by atoms with Crippen LogP contribution < -0.4 is 5.73 Å². The molecule has 0 aromatic heterocycles. The summed E-state index contributed by atoms with van der Waals surface area (Å²) in [6.45, 7) is 6.75. The van der Waals surface area contributed by atoms with Gasteiger partial charge in [-0.15, -0.1) is 0 Å². The van der Waals surface area contributed by atoms with Crippen molar-refractivity contribution >= 4 is 11.9 Å². The fourth-order valence-electron chi connectivity index (χ4n) is 8.11. The molecule has 3 heterocycles. The number of aliphatic hydroxyl groups is 10. The molecule has 3 aliphatic heterocycles. The molecule has 0 saturated carbocycles. The second-order valence-electron chi connectivity index (χ2n) is 17.8. The van der Waals surface area contributed by atoms with Crippen molar-refractivity contribution in [1.82, 2.24) is 0 Å². The molecule has 370 valence electrons. The Bertz CT molecular complexity index is 1620. The van der Waals surface area contributed by atoms with Crippen molar-refractivity contribution in [3.8, 4) is 0 Å². The second kappa shape index (κ2) is 27.6. The normalized spacial score (nSPS) is 45.2. The smallest absolute Gasteiger partial charge is 0.311 e. The molecule has 2 fully saturated rings. The van der Waals surface area contributed by atoms with Gasteiger partial charge in [-0.1, -0.05) is 86.8 Å². The number of allylic oxidation sites excluding steroid dienone is 10. The average molecular weight is 926 g/mol. The number of aliphatic carboxylic acids is 1. The number of rotatable bonds is 3. The van der Waals surface area contributed by atoms with Gasteiger partial charge in [0, 0.05) is 24.7 Å². The molecule has 2 bridgehead atoms. The highest BCUT2D eigenvalue weighted by molar-refractivity contribution is 5.72. The molecule has 0 amide bonds. The Morgan fingerprint density at radius 3 is 1.94 bits per heavy atom. The summed E-state index contributed by atoms with van der Waals surface area (Å²) in [5.41, 5.74) is 6.03. The Kier molecular flexibility index (Phi) is 23.8. The van der Waals surface area contributed by atoms with Gasteiger partial charge in [-0.25, -0.2) is 0 Å². The summed E-state index contributed by atoms with van der Waals surface area (Å²) < 4.78 is 23.3. The molecule has 3 aliphatic rings. The molecule has 2 saturated heterocycles. The van der Waals surface area contributed by atoms with E-state index in [1.54, 1.807) is 44.2 Å². The van der Waals surface area contributed by atoms with Gasteiger partial charge >= 0.3 is 11.9 Å². The van der Waals surface area contributed by atoms with Crippen LogP contribution >= 0.6 is 0 Å². The molecule has 65 heavy (non-hydrogen) atoms. The Morgan fingerprint density at radius 2 is 1.29 bits per heavy atom. The first-order valence-electron chi connectivity index (χ1n) is 22.6. The van der Waals surface area contributed by atoms with Crippen LogP contribution in [0.15, 0.2) is 72.9 Å². The Morgan fingerprint density at radius 1 is 0.708 bits per heavy atom. The van der Waals surface area contributed by atoms with Crippen LogP contribution in [0.2, 0.25) is 0 Å². The maximum Gasteiger partial charge on any atom is 0.311 e. The minimum atomic E-state index is -2.42. The molecule has 0 unspecified atom stereocenters. The molecule has 19 atom stereocenters. The van der Waals surface area contributed by atoms with Crippen molar-refractivity contribution in [2.24, 2.45) is 23.5 Å². The van der Waals surface area contributed by atoms with E-state index in [0.29, 0.717) is 0 Å². The number of fused-ring (bicyclic) bond motifs is 2. The number of cyclic esters (lactones) is 1. The molecule has 0 radical (unpaired) electrons. The highest BCUT2D eigenvalue weighted by Gasteiger charge is 2.54. The van der Waals surface area contributed by atoms with Crippen molar-refractivity contribution < 1.29 is 84.7 Å². The van der Waals surface area contributed by atoms with E-state index in [1.165, 1.54) is 6.92 Å². The number of esters is 1. The lowest BCUT2D eigenvalue weighted by Crippen LogP contribution is -2.63. The second-order valence-corrected chi connectivity index (χ2v) is 17.8. The number of ether oxygens (including phenoxy) is 4. The molecule has 18 nitrogen and oxygen atoms in total. The van der Waals surface area contributed by atoms with Crippen molar-refractivity contribution in [2.75, 3.05) is 0 Å². The topological polar surface area (TPSA) is 320 Å². The summed E-state index contributed by atoms with van der Waals surface area (Å²) in [6, 6.07) is -1.20. The SMILES string of the molecule is C[C@@H]1[C@H](O)[C@H](C)/C=C/C=C/CC/C=C/C=C\C=C\C=C\C[C@H](O[C@@H]2O[C@H](C)[C@H](O)[C@H](N)[C@@H]2O)[C@H]2O[C@](O)(C[C@H](O)[C@H]2C(=O)O)C[C@H](O)[C@H](O)CC[C@H](O)C[C@H](O)C[C@H](O)CC(=O)O[C@@H]1C. The Balaban J connectivity index is 1.85. The number of carboxylic acids is 1. The third kappa shape index (κ3) is 18.4. The standard InChI is InChI=1S/C47H75NO17/c1-27-18-16-14-12-10-8-6-5-7-9-11-13-15-17-19-37(64-46-43(58)40(48)42(57)30(4)63-46)44-39(45(59)60)36(54)26-47(61,65-44)25-35(53)34(52)21-20-31(49)22-32(50)23-33(51)24-38(55)62-29(3)28(2)41(27)56/h5-7,9,11-18,27-37,39-44,46,49-54,56-58,61H,8,10,19-26,48H2,1-4H3,(H,59,60)/b6-5+,9-7-,13-11+,14-12+,17-15+,18-16+/t27-,28+,29-,30-,31+,32+,33+,34-,35+,36+,37+,39-,40+,41-,42+,43+,44-,46+,47+/m1/s1. The molecule has 18 heteroatoms. The summed E-state index contributed by atoms with van der Waals surface area (Å²) in [5, 5.41) is 119. The first kappa shape index (κ1) is 56.1. The van der Waals surface area contributed by atoms with Gasteiger partial charge in [0.15, 0.2) is 12.1 Å². The zero-order valence-corrected chi connectivity index (χ0v) is 37.8.